The van der Waals surface area contributed by atoms with Crippen molar-refractivity contribution in [2.75, 3.05) is 19.7 Å². The minimum atomic E-state index is -1.13. The number of nitrogens with one attached hydrogen (secondary N) is 1. The zero-order valence-corrected chi connectivity index (χ0v) is 11.6. The molecule has 0 aromatic rings. The zero-order valence-electron chi connectivity index (χ0n) is 11.6. The van der Waals surface area contributed by atoms with Crippen LogP contribution in [-0.4, -0.2) is 42.7 Å². The predicted octanol–water partition coefficient (Wildman–Crippen LogP) is -0.190. The molecule has 0 heterocycles. The Morgan fingerprint density at radius 2 is 2.05 bits per heavy atom. The Morgan fingerprint density at radius 3 is 2.58 bits per heavy atom. The third-order valence-electron chi connectivity index (χ3n) is 1.82. The lowest BCUT2D eigenvalue weighted by Crippen LogP contribution is -2.28. The Hall–Kier alpha value is -1.60. The smallest absolute Gasteiger partial charge is 0.324 e. The summed E-state index contributed by atoms with van der Waals surface area (Å²) in [5.41, 5.74) is 10.4. The van der Waals surface area contributed by atoms with Crippen LogP contribution in [0.2, 0.25) is 0 Å². The molecule has 0 saturated carbocycles. The van der Waals surface area contributed by atoms with Gasteiger partial charge < -0.3 is 26.6 Å². The maximum atomic E-state index is 11.1. The Kier molecular flexibility index (Phi) is 15.0. The molecule has 112 valence electrons. The lowest BCUT2D eigenvalue weighted by Gasteiger charge is -2.04. The molecule has 1 atom stereocenters. The number of rotatable bonds is 9. The van der Waals surface area contributed by atoms with Gasteiger partial charge in [0, 0.05) is 6.42 Å². The van der Waals surface area contributed by atoms with Gasteiger partial charge in [-0.25, -0.2) is 0 Å². The van der Waals surface area contributed by atoms with Crippen LogP contribution in [0.5, 0.6) is 0 Å². The second-order valence-electron chi connectivity index (χ2n) is 3.31. The van der Waals surface area contributed by atoms with Crippen molar-refractivity contribution < 1.29 is 19.4 Å². The number of carbonyl (C=O) groups is 2. The van der Waals surface area contributed by atoms with E-state index in [1.54, 1.807) is 0 Å². The van der Waals surface area contributed by atoms with Gasteiger partial charge in [0.15, 0.2) is 0 Å². The molecule has 0 rings (SSSR count). The van der Waals surface area contributed by atoms with Crippen LogP contribution in [0.1, 0.15) is 26.7 Å². The van der Waals surface area contributed by atoms with Gasteiger partial charge in [-0.05, 0) is 19.0 Å². The van der Waals surface area contributed by atoms with Gasteiger partial charge in [-0.2, -0.15) is 0 Å². The number of nitrogens with two attached hydrogens (primary N) is 2. The Bertz CT molecular complexity index is 270. The molecule has 0 fully saturated rings. The van der Waals surface area contributed by atoms with Gasteiger partial charge in [0.1, 0.15) is 12.6 Å². The molecular weight excluding hydrogens is 250 g/mol. The van der Waals surface area contributed by atoms with Gasteiger partial charge in [-0.1, -0.05) is 13.8 Å². The van der Waals surface area contributed by atoms with Crippen LogP contribution in [0.15, 0.2) is 12.3 Å². The van der Waals surface area contributed by atoms with Crippen molar-refractivity contribution in [2.24, 2.45) is 11.5 Å². The first-order valence-electron chi connectivity index (χ1n) is 6.31. The molecule has 0 aliphatic heterocycles. The number of amides is 1. The summed E-state index contributed by atoms with van der Waals surface area (Å²) in [4.78, 5) is 21.4. The molecule has 0 bridgehead atoms. The molecule has 19 heavy (non-hydrogen) atoms. The van der Waals surface area contributed by atoms with E-state index in [2.05, 4.69) is 5.32 Å². The van der Waals surface area contributed by atoms with Crippen molar-refractivity contribution >= 4 is 11.9 Å². The summed E-state index contributed by atoms with van der Waals surface area (Å²) < 4.78 is 4.95. The molecule has 0 aliphatic carbocycles. The highest BCUT2D eigenvalue weighted by Gasteiger charge is 2.05. The lowest BCUT2D eigenvalue weighted by molar-refractivity contribution is -0.137. The van der Waals surface area contributed by atoms with Gasteiger partial charge in [0.25, 0.3) is 0 Å². The van der Waals surface area contributed by atoms with Crippen molar-refractivity contribution in [3.05, 3.63) is 12.3 Å². The topological polar surface area (TPSA) is 128 Å². The maximum Gasteiger partial charge on any atom is 0.324 e. The van der Waals surface area contributed by atoms with E-state index in [1.165, 1.54) is 12.3 Å². The molecule has 0 saturated heterocycles. The first kappa shape index (κ1) is 19.7. The molecular formula is C12H25N3O4. The number of hydrogen-bond donors (Lipinski definition) is 4. The molecule has 7 heteroatoms. The average Bonchev–Trinajstić information content (AvgIpc) is 2.42. The highest BCUT2D eigenvalue weighted by atomic mass is 16.5. The summed E-state index contributed by atoms with van der Waals surface area (Å²) in [6, 6.07) is -1.07. The largest absolute Gasteiger partial charge is 0.500 e. The SMILES string of the molecule is CC.NCCCC(=O)NCCO/C=C/C(N)C(=O)O. The summed E-state index contributed by atoms with van der Waals surface area (Å²) >= 11 is 0. The standard InChI is InChI=1S/C10H19N3O4.C2H6/c11-4-1-2-9(14)13-5-7-17-6-3-8(12)10(15)16;1-2/h3,6,8H,1-2,4-5,7,11-12H2,(H,13,14)(H,15,16);1-2H3/b6-3+;. The van der Waals surface area contributed by atoms with Gasteiger partial charge in [0.2, 0.25) is 5.91 Å². The Labute approximate surface area is 114 Å². The molecule has 0 aromatic heterocycles. The predicted molar refractivity (Wildman–Crippen MR) is 73.3 cm³/mol. The first-order chi connectivity index (χ1) is 9.07. The molecule has 0 aliphatic rings. The molecule has 6 N–H and O–H groups in total. The van der Waals surface area contributed by atoms with Gasteiger partial charge >= 0.3 is 5.97 Å². The number of carboxylic acid groups (broad SMARTS) is 1. The molecule has 0 spiro atoms. The fourth-order valence-electron chi connectivity index (χ4n) is 0.891. The Balaban J connectivity index is 0. The number of carboxylic acids is 1. The first-order valence-corrected chi connectivity index (χ1v) is 6.31. The van der Waals surface area contributed by atoms with Crippen LogP contribution in [-0.2, 0) is 14.3 Å². The summed E-state index contributed by atoms with van der Waals surface area (Å²) in [7, 11) is 0. The second-order valence-corrected chi connectivity index (χ2v) is 3.31. The van der Waals surface area contributed by atoms with Gasteiger partial charge in [-0.15, -0.1) is 0 Å². The van der Waals surface area contributed by atoms with E-state index in [9.17, 15) is 9.59 Å². The molecule has 0 aromatic carbocycles. The van der Waals surface area contributed by atoms with Crippen LogP contribution >= 0.6 is 0 Å². The monoisotopic (exact) mass is 275 g/mol. The molecule has 1 unspecified atom stereocenters. The fraction of sp³-hybridized carbons (Fsp3) is 0.667. The van der Waals surface area contributed by atoms with E-state index in [1.807, 2.05) is 13.8 Å². The zero-order chi connectivity index (χ0) is 15.1. The minimum Gasteiger partial charge on any atom is -0.500 e. The summed E-state index contributed by atoms with van der Waals surface area (Å²) in [5, 5.41) is 11.1. The minimum absolute atomic E-state index is 0.0785. The number of carbonyl (C=O) groups excluding carboxylic acids is 1. The molecule has 1 amide bonds. The van der Waals surface area contributed by atoms with Crippen LogP contribution in [0.3, 0.4) is 0 Å². The highest BCUT2D eigenvalue weighted by Crippen LogP contribution is 1.86. The number of ether oxygens (including phenoxy) is 1. The van der Waals surface area contributed by atoms with Crippen molar-refractivity contribution in [1.82, 2.24) is 5.32 Å². The summed E-state index contributed by atoms with van der Waals surface area (Å²) in [5.74, 6) is -1.20. The van der Waals surface area contributed by atoms with Crippen LogP contribution in [0.4, 0.5) is 0 Å². The van der Waals surface area contributed by atoms with Crippen molar-refractivity contribution in [3.63, 3.8) is 0 Å². The summed E-state index contributed by atoms with van der Waals surface area (Å²) in [6.45, 7) is 5.10. The van der Waals surface area contributed by atoms with Crippen molar-refractivity contribution in [1.29, 1.82) is 0 Å². The number of aliphatic carboxylic acids is 1. The third kappa shape index (κ3) is 14.3. The van der Waals surface area contributed by atoms with E-state index < -0.39 is 12.0 Å². The van der Waals surface area contributed by atoms with E-state index in [0.29, 0.717) is 25.9 Å². The highest BCUT2D eigenvalue weighted by molar-refractivity contribution is 5.76. The van der Waals surface area contributed by atoms with E-state index in [4.69, 9.17) is 21.3 Å². The van der Waals surface area contributed by atoms with Gasteiger partial charge in [-0.3, -0.25) is 9.59 Å². The molecule has 0 radical (unpaired) electrons. The quantitative estimate of drug-likeness (QED) is 0.341. The van der Waals surface area contributed by atoms with Crippen molar-refractivity contribution in [2.45, 2.75) is 32.7 Å². The average molecular weight is 275 g/mol. The second kappa shape index (κ2) is 14.5. The van der Waals surface area contributed by atoms with Crippen LogP contribution in [0.25, 0.3) is 0 Å². The number of hydrogen-bond acceptors (Lipinski definition) is 5. The third-order valence-corrected chi connectivity index (χ3v) is 1.82. The van der Waals surface area contributed by atoms with E-state index >= 15 is 0 Å². The Morgan fingerprint density at radius 1 is 1.42 bits per heavy atom. The van der Waals surface area contributed by atoms with E-state index in [0.717, 1.165) is 0 Å². The van der Waals surface area contributed by atoms with Crippen LogP contribution < -0.4 is 16.8 Å². The maximum absolute atomic E-state index is 11.1. The van der Waals surface area contributed by atoms with Crippen molar-refractivity contribution in [3.8, 4) is 0 Å². The fourth-order valence-corrected chi connectivity index (χ4v) is 0.891. The van der Waals surface area contributed by atoms with E-state index in [-0.39, 0.29) is 12.5 Å². The summed E-state index contributed by atoms with van der Waals surface area (Å²) in [6.07, 6.45) is 3.49. The van der Waals surface area contributed by atoms with Crippen LogP contribution in [0, 0.1) is 0 Å². The molecule has 7 nitrogen and oxygen atoms in total. The van der Waals surface area contributed by atoms with Gasteiger partial charge in [0.05, 0.1) is 12.8 Å². The normalized spacial score (nSPS) is 11.4. The lowest BCUT2D eigenvalue weighted by atomic mass is 10.3.